The standard InChI is InChI=1S/C15H23N3O2/c1-11(2)14(19)18-13(15(20)16-3)6-4-5-12-7-9-17-10-8-12/h7-11,13H,4-6H2,1-3H3,(H,16,20)(H,18,19). The second-order valence-electron chi connectivity index (χ2n) is 5.08. The molecule has 0 fully saturated rings. The molecule has 1 unspecified atom stereocenters. The van der Waals surface area contributed by atoms with Gasteiger partial charge >= 0.3 is 0 Å². The summed E-state index contributed by atoms with van der Waals surface area (Å²) in [4.78, 5) is 27.5. The Balaban J connectivity index is 2.48. The molecule has 0 aliphatic carbocycles. The normalized spacial score (nSPS) is 12.0. The second kappa shape index (κ2) is 8.30. The molecule has 1 aromatic heterocycles. The average Bonchev–Trinajstić information content (AvgIpc) is 2.46. The minimum atomic E-state index is -0.461. The van der Waals surface area contributed by atoms with Gasteiger partial charge in [-0.2, -0.15) is 0 Å². The van der Waals surface area contributed by atoms with Gasteiger partial charge in [0.05, 0.1) is 0 Å². The summed E-state index contributed by atoms with van der Waals surface area (Å²) in [6.07, 6.45) is 5.84. The third kappa shape index (κ3) is 5.38. The van der Waals surface area contributed by atoms with E-state index >= 15 is 0 Å². The number of carbonyl (C=O) groups is 2. The van der Waals surface area contributed by atoms with Crippen molar-refractivity contribution in [3.05, 3.63) is 30.1 Å². The SMILES string of the molecule is CNC(=O)C(CCCc1ccncc1)NC(=O)C(C)C. The minimum absolute atomic E-state index is 0.0949. The Hall–Kier alpha value is -1.91. The summed E-state index contributed by atoms with van der Waals surface area (Å²) in [5.74, 6) is -0.362. The maximum Gasteiger partial charge on any atom is 0.242 e. The Bertz CT molecular complexity index is 432. The average molecular weight is 277 g/mol. The second-order valence-corrected chi connectivity index (χ2v) is 5.08. The molecule has 5 nitrogen and oxygen atoms in total. The zero-order valence-corrected chi connectivity index (χ0v) is 12.3. The molecule has 0 radical (unpaired) electrons. The lowest BCUT2D eigenvalue weighted by atomic mass is 10.0. The van der Waals surface area contributed by atoms with Gasteiger partial charge in [0.25, 0.3) is 0 Å². The number of carbonyl (C=O) groups excluding carboxylic acids is 2. The summed E-state index contributed by atoms with van der Waals surface area (Å²) >= 11 is 0. The minimum Gasteiger partial charge on any atom is -0.357 e. The van der Waals surface area contributed by atoms with Gasteiger partial charge in [-0.25, -0.2) is 0 Å². The van der Waals surface area contributed by atoms with Crippen molar-refractivity contribution in [2.45, 2.75) is 39.2 Å². The van der Waals surface area contributed by atoms with Crippen LogP contribution in [0.15, 0.2) is 24.5 Å². The van der Waals surface area contributed by atoms with Crippen LogP contribution in [-0.4, -0.2) is 29.9 Å². The van der Waals surface area contributed by atoms with Crippen LogP contribution in [0.2, 0.25) is 0 Å². The first kappa shape index (κ1) is 16.1. The van der Waals surface area contributed by atoms with E-state index in [9.17, 15) is 9.59 Å². The highest BCUT2D eigenvalue weighted by molar-refractivity contribution is 5.88. The van der Waals surface area contributed by atoms with Gasteiger partial charge < -0.3 is 10.6 Å². The summed E-state index contributed by atoms with van der Waals surface area (Å²) < 4.78 is 0. The van der Waals surface area contributed by atoms with Gasteiger partial charge in [-0.05, 0) is 37.0 Å². The number of pyridine rings is 1. The van der Waals surface area contributed by atoms with Crippen LogP contribution in [0.5, 0.6) is 0 Å². The van der Waals surface area contributed by atoms with Crippen molar-refractivity contribution in [1.82, 2.24) is 15.6 Å². The molecule has 2 amide bonds. The predicted octanol–water partition coefficient (Wildman–Crippen LogP) is 1.29. The molecule has 0 aliphatic heterocycles. The molecule has 1 atom stereocenters. The van der Waals surface area contributed by atoms with E-state index in [4.69, 9.17) is 0 Å². The molecule has 0 bridgehead atoms. The van der Waals surface area contributed by atoms with Crippen molar-refractivity contribution < 1.29 is 9.59 Å². The summed E-state index contributed by atoms with van der Waals surface area (Å²) in [5, 5.41) is 5.38. The highest BCUT2D eigenvalue weighted by Gasteiger charge is 2.20. The first-order chi connectivity index (χ1) is 9.54. The van der Waals surface area contributed by atoms with Crippen LogP contribution in [0.1, 0.15) is 32.3 Å². The number of amides is 2. The van der Waals surface area contributed by atoms with Crippen LogP contribution in [0, 0.1) is 5.92 Å². The molecule has 0 aliphatic rings. The number of aromatic nitrogens is 1. The maximum absolute atomic E-state index is 11.8. The molecule has 0 aromatic carbocycles. The third-order valence-corrected chi connectivity index (χ3v) is 3.11. The van der Waals surface area contributed by atoms with Gasteiger partial charge in [-0.1, -0.05) is 13.8 Å². The predicted molar refractivity (Wildman–Crippen MR) is 78.0 cm³/mol. The number of hydrogen-bond acceptors (Lipinski definition) is 3. The first-order valence-corrected chi connectivity index (χ1v) is 6.95. The zero-order valence-electron chi connectivity index (χ0n) is 12.3. The highest BCUT2D eigenvalue weighted by Crippen LogP contribution is 2.07. The summed E-state index contributed by atoms with van der Waals surface area (Å²) in [6, 6.07) is 3.46. The summed E-state index contributed by atoms with van der Waals surface area (Å²) in [7, 11) is 1.58. The van der Waals surface area contributed by atoms with Crippen molar-refractivity contribution in [2.75, 3.05) is 7.05 Å². The van der Waals surface area contributed by atoms with Crippen LogP contribution in [-0.2, 0) is 16.0 Å². The number of rotatable bonds is 7. The molecule has 2 N–H and O–H groups in total. The Morgan fingerprint density at radius 2 is 1.85 bits per heavy atom. The van der Waals surface area contributed by atoms with Gasteiger partial charge in [0, 0.05) is 25.4 Å². The number of aryl methyl sites for hydroxylation is 1. The Morgan fingerprint density at radius 3 is 2.40 bits per heavy atom. The summed E-state index contributed by atoms with van der Waals surface area (Å²) in [5.41, 5.74) is 1.19. The molecule has 20 heavy (non-hydrogen) atoms. The van der Waals surface area contributed by atoms with E-state index in [0.29, 0.717) is 6.42 Å². The van der Waals surface area contributed by atoms with Gasteiger partial charge in [0.15, 0.2) is 0 Å². The fourth-order valence-corrected chi connectivity index (χ4v) is 1.84. The van der Waals surface area contributed by atoms with E-state index in [1.54, 1.807) is 19.4 Å². The smallest absolute Gasteiger partial charge is 0.242 e. The lowest BCUT2D eigenvalue weighted by molar-refractivity contribution is -0.130. The molecular formula is C15H23N3O2. The van der Waals surface area contributed by atoms with Gasteiger partial charge in [0.1, 0.15) is 6.04 Å². The maximum atomic E-state index is 11.8. The fourth-order valence-electron chi connectivity index (χ4n) is 1.84. The highest BCUT2D eigenvalue weighted by atomic mass is 16.2. The van der Waals surface area contributed by atoms with Crippen molar-refractivity contribution in [3.8, 4) is 0 Å². The molecule has 1 rings (SSSR count). The first-order valence-electron chi connectivity index (χ1n) is 6.95. The van der Waals surface area contributed by atoms with E-state index < -0.39 is 6.04 Å². The van der Waals surface area contributed by atoms with Crippen LogP contribution < -0.4 is 10.6 Å². The van der Waals surface area contributed by atoms with Gasteiger partial charge in [0.2, 0.25) is 11.8 Å². The van der Waals surface area contributed by atoms with Crippen LogP contribution in [0.25, 0.3) is 0 Å². The van der Waals surface area contributed by atoms with Crippen molar-refractivity contribution in [1.29, 1.82) is 0 Å². The lowest BCUT2D eigenvalue weighted by Crippen LogP contribution is -2.47. The van der Waals surface area contributed by atoms with E-state index in [1.807, 2.05) is 26.0 Å². The fraction of sp³-hybridized carbons (Fsp3) is 0.533. The van der Waals surface area contributed by atoms with E-state index in [0.717, 1.165) is 12.8 Å². The monoisotopic (exact) mass is 277 g/mol. The molecule has 0 saturated heterocycles. The van der Waals surface area contributed by atoms with Crippen molar-refractivity contribution in [3.63, 3.8) is 0 Å². The van der Waals surface area contributed by atoms with E-state index in [1.165, 1.54) is 5.56 Å². The lowest BCUT2D eigenvalue weighted by Gasteiger charge is -2.18. The van der Waals surface area contributed by atoms with Crippen LogP contribution in [0.4, 0.5) is 0 Å². The largest absolute Gasteiger partial charge is 0.357 e. The number of hydrogen-bond donors (Lipinski definition) is 2. The number of nitrogens with one attached hydrogen (secondary N) is 2. The Labute approximate surface area is 120 Å². The zero-order chi connectivity index (χ0) is 15.0. The topological polar surface area (TPSA) is 71.1 Å². The van der Waals surface area contributed by atoms with Crippen LogP contribution in [0.3, 0.4) is 0 Å². The molecule has 5 heteroatoms. The van der Waals surface area contributed by atoms with E-state index in [-0.39, 0.29) is 17.7 Å². The molecule has 0 spiro atoms. The molecule has 110 valence electrons. The van der Waals surface area contributed by atoms with E-state index in [2.05, 4.69) is 15.6 Å². The number of likely N-dealkylation sites (N-methyl/N-ethyl adjacent to an activating group) is 1. The number of nitrogens with zero attached hydrogens (tertiary/aromatic N) is 1. The molecule has 0 saturated carbocycles. The molecule has 1 heterocycles. The molecule has 1 aromatic rings. The van der Waals surface area contributed by atoms with Crippen molar-refractivity contribution in [2.24, 2.45) is 5.92 Å². The third-order valence-electron chi connectivity index (χ3n) is 3.11. The summed E-state index contributed by atoms with van der Waals surface area (Å²) in [6.45, 7) is 3.63. The van der Waals surface area contributed by atoms with Gasteiger partial charge in [-0.15, -0.1) is 0 Å². The van der Waals surface area contributed by atoms with Gasteiger partial charge in [-0.3, -0.25) is 14.6 Å². The Kier molecular flexibility index (Phi) is 6.70. The quantitative estimate of drug-likeness (QED) is 0.789. The Morgan fingerprint density at radius 1 is 1.20 bits per heavy atom. The van der Waals surface area contributed by atoms with Crippen molar-refractivity contribution >= 4 is 11.8 Å². The molecular weight excluding hydrogens is 254 g/mol. The van der Waals surface area contributed by atoms with Crippen LogP contribution >= 0.6 is 0 Å².